The predicted octanol–water partition coefficient (Wildman–Crippen LogP) is 3.80. The van der Waals surface area contributed by atoms with Crippen molar-refractivity contribution in [3.8, 4) is 0 Å². The molecule has 1 saturated heterocycles. The van der Waals surface area contributed by atoms with Crippen molar-refractivity contribution in [3.05, 3.63) is 34.9 Å². The summed E-state index contributed by atoms with van der Waals surface area (Å²) in [7, 11) is 0. The average Bonchev–Trinajstić information content (AvgIpc) is 2.33. The van der Waals surface area contributed by atoms with E-state index in [1.54, 1.807) is 0 Å². The summed E-state index contributed by atoms with van der Waals surface area (Å²) >= 11 is 0. The van der Waals surface area contributed by atoms with E-state index < -0.39 is 0 Å². The van der Waals surface area contributed by atoms with Gasteiger partial charge in [0.05, 0.1) is 0 Å². The Morgan fingerprint density at radius 2 is 2.12 bits per heavy atom. The molecule has 1 N–H and O–H groups in total. The molecule has 0 spiro atoms. The van der Waals surface area contributed by atoms with E-state index in [-0.39, 0.29) is 0 Å². The summed E-state index contributed by atoms with van der Waals surface area (Å²) in [6.45, 7) is 7.98. The molecule has 1 aromatic rings. The van der Waals surface area contributed by atoms with Gasteiger partial charge in [0, 0.05) is 6.04 Å². The molecule has 17 heavy (non-hydrogen) atoms. The number of rotatable bonds is 3. The molecular weight excluding hydrogens is 206 g/mol. The van der Waals surface area contributed by atoms with Gasteiger partial charge in [0.1, 0.15) is 0 Å². The number of nitrogens with one attached hydrogen (secondary N) is 1. The Hall–Kier alpha value is -0.820. The fraction of sp³-hybridized carbons (Fsp3) is 0.625. The van der Waals surface area contributed by atoms with E-state index in [0.717, 1.165) is 0 Å². The maximum Gasteiger partial charge on any atom is 0.0108 e. The molecule has 0 amide bonds. The van der Waals surface area contributed by atoms with Crippen LogP contribution in [0.3, 0.4) is 0 Å². The van der Waals surface area contributed by atoms with Gasteiger partial charge in [0.25, 0.3) is 0 Å². The van der Waals surface area contributed by atoms with E-state index >= 15 is 0 Å². The zero-order valence-electron chi connectivity index (χ0n) is 11.4. The summed E-state index contributed by atoms with van der Waals surface area (Å²) in [5.74, 6) is 0.633. The Morgan fingerprint density at radius 3 is 2.76 bits per heavy atom. The van der Waals surface area contributed by atoms with Crippen LogP contribution in [-0.4, -0.2) is 12.6 Å². The molecule has 0 radical (unpaired) electrons. The van der Waals surface area contributed by atoms with Crippen LogP contribution < -0.4 is 5.32 Å². The lowest BCUT2D eigenvalue weighted by Gasteiger charge is -2.24. The first-order chi connectivity index (χ1) is 8.16. The average molecular weight is 231 g/mol. The maximum atomic E-state index is 3.64. The van der Waals surface area contributed by atoms with Crippen molar-refractivity contribution in [2.45, 2.75) is 58.4 Å². The highest BCUT2D eigenvalue weighted by molar-refractivity contribution is 5.33. The second-order valence-corrected chi connectivity index (χ2v) is 5.69. The van der Waals surface area contributed by atoms with Crippen LogP contribution in [0.15, 0.2) is 18.2 Å². The van der Waals surface area contributed by atoms with Crippen LogP contribution in [0.1, 0.15) is 55.7 Å². The second kappa shape index (κ2) is 5.68. The SMILES string of the molecule is Cc1ccc(C(C)C)cc1CC1CCCCN1. The zero-order chi connectivity index (χ0) is 12.3. The van der Waals surface area contributed by atoms with Crippen LogP contribution in [0.2, 0.25) is 0 Å². The second-order valence-electron chi connectivity index (χ2n) is 5.69. The normalized spacial score (nSPS) is 20.8. The Morgan fingerprint density at radius 1 is 1.29 bits per heavy atom. The summed E-state index contributed by atoms with van der Waals surface area (Å²) in [5.41, 5.74) is 4.46. The lowest BCUT2D eigenvalue weighted by molar-refractivity contribution is 0.399. The summed E-state index contributed by atoms with van der Waals surface area (Å²) in [6.07, 6.45) is 5.28. The summed E-state index contributed by atoms with van der Waals surface area (Å²) in [4.78, 5) is 0. The van der Waals surface area contributed by atoms with Crippen molar-refractivity contribution >= 4 is 0 Å². The molecule has 1 heteroatoms. The van der Waals surface area contributed by atoms with E-state index in [4.69, 9.17) is 0 Å². The first-order valence-electron chi connectivity index (χ1n) is 6.99. The third kappa shape index (κ3) is 3.32. The van der Waals surface area contributed by atoms with Crippen molar-refractivity contribution in [3.63, 3.8) is 0 Å². The third-order valence-corrected chi connectivity index (χ3v) is 3.92. The van der Waals surface area contributed by atoms with Crippen molar-refractivity contribution in [2.24, 2.45) is 0 Å². The molecule has 0 aromatic heterocycles. The van der Waals surface area contributed by atoms with Gasteiger partial charge in [-0.25, -0.2) is 0 Å². The van der Waals surface area contributed by atoms with Crippen molar-refractivity contribution < 1.29 is 0 Å². The molecule has 1 unspecified atom stereocenters. The van der Waals surface area contributed by atoms with Crippen molar-refractivity contribution in [2.75, 3.05) is 6.54 Å². The van der Waals surface area contributed by atoms with Crippen LogP contribution in [0, 0.1) is 6.92 Å². The summed E-state index contributed by atoms with van der Waals surface area (Å²) < 4.78 is 0. The number of aryl methyl sites for hydroxylation is 1. The maximum absolute atomic E-state index is 3.64. The van der Waals surface area contributed by atoms with Gasteiger partial charge in [0.15, 0.2) is 0 Å². The molecule has 1 aliphatic rings. The zero-order valence-corrected chi connectivity index (χ0v) is 11.4. The van der Waals surface area contributed by atoms with Gasteiger partial charge in [-0.2, -0.15) is 0 Å². The van der Waals surface area contributed by atoms with Gasteiger partial charge >= 0.3 is 0 Å². The Bertz CT molecular complexity index is 362. The lowest BCUT2D eigenvalue weighted by Crippen LogP contribution is -2.35. The smallest absolute Gasteiger partial charge is 0.0108 e. The minimum absolute atomic E-state index is 0.633. The van der Waals surface area contributed by atoms with Crippen molar-refractivity contribution in [1.29, 1.82) is 0 Å². The quantitative estimate of drug-likeness (QED) is 0.834. The Balaban J connectivity index is 2.10. The molecule has 94 valence electrons. The van der Waals surface area contributed by atoms with E-state index in [0.29, 0.717) is 12.0 Å². The minimum Gasteiger partial charge on any atom is -0.314 e. The molecule has 0 aliphatic carbocycles. The van der Waals surface area contributed by atoms with Gasteiger partial charge in [-0.05, 0) is 55.3 Å². The standard InChI is InChI=1S/C16H25N/c1-12(2)14-8-7-13(3)15(10-14)11-16-6-4-5-9-17-16/h7-8,10,12,16-17H,4-6,9,11H2,1-3H3. The molecule has 0 saturated carbocycles. The molecule has 1 fully saturated rings. The third-order valence-electron chi connectivity index (χ3n) is 3.92. The lowest BCUT2D eigenvalue weighted by atomic mass is 9.92. The van der Waals surface area contributed by atoms with Gasteiger partial charge in [-0.1, -0.05) is 38.5 Å². The molecule has 1 heterocycles. The van der Waals surface area contributed by atoms with Crippen LogP contribution in [0.5, 0.6) is 0 Å². The highest BCUT2D eigenvalue weighted by Crippen LogP contribution is 2.21. The summed E-state index contributed by atoms with van der Waals surface area (Å²) in [6, 6.07) is 7.67. The number of piperidine rings is 1. The van der Waals surface area contributed by atoms with Crippen LogP contribution >= 0.6 is 0 Å². The van der Waals surface area contributed by atoms with Gasteiger partial charge in [-0.15, -0.1) is 0 Å². The van der Waals surface area contributed by atoms with Gasteiger partial charge < -0.3 is 5.32 Å². The molecule has 0 bridgehead atoms. The van der Waals surface area contributed by atoms with Crippen LogP contribution in [-0.2, 0) is 6.42 Å². The first kappa shape index (κ1) is 12.6. The monoisotopic (exact) mass is 231 g/mol. The van der Waals surface area contributed by atoms with Crippen molar-refractivity contribution in [1.82, 2.24) is 5.32 Å². The minimum atomic E-state index is 0.633. The largest absolute Gasteiger partial charge is 0.314 e. The number of benzene rings is 1. The Labute approximate surface area is 106 Å². The molecule has 2 rings (SSSR count). The number of hydrogen-bond donors (Lipinski definition) is 1. The topological polar surface area (TPSA) is 12.0 Å². The molecule has 1 aliphatic heterocycles. The highest BCUT2D eigenvalue weighted by Gasteiger charge is 2.14. The predicted molar refractivity (Wildman–Crippen MR) is 74.6 cm³/mol. The number of hydrogen-bond acceptors (Lipinski definition) is 1. The summed E-state index contributed by atoms with van der Waals surface area (Å²) in [5, 5.41) is 3.64. The molecular formula is C16H25N. The van der Waals surface area contributed by atoms with Gasteiger partial charge in [0.2, 0.25) is 0 Å². The fourth-order valence-electron chi connectivity index (χ4n) is 2.63. The van der Waals surface area contributed by atoms with E-state index in [2.05, 4.69) is 44.3 Å². The molecule has 1 aromatic carbocycles. The van der Waals surface area contributed by atoms with E-state index in [9.17, 15) is 0 Å². The molecule has 1 nitrogen and oxygen atoms in total. The van der Waals surface area contributed by atoms with E-state index in [1.807, 2.05) is 0 Å². The molecule has 1 atom stereocenters. The van der Waals surface area contributed by atoms with Crippen LogP contribution in [0.25, 0.3) is 0 Å². The fourth-order valence-corrected chi connectivity index (χ4v) is 2.63. The van der Waals surface area contributed by atoms with Gasteiger partial charge in [-0.3, -0.25) is 0 Å². The Kier molecular flexibility index (Phi) is 4.22. The van der Waals surface area contributed by atoms with Crippen LogP contribution in [0.4, 0.5) is 0 Å². The first-order valence-corrected chi connectivity index (χ1v) is 6.99. The highest BCUT2D eigenvalue weighted by atomic mass is 14.9. The van der Waals surface area contributed by atoms with E-state index in [1.165, 1.54) is 48.9 Å².